The lowest BCUT2D eigenvalue weighted by molar-refractivity contribution is -0.128. The fraction of sp³-hybridized carbons (Fsp3) is 0.214. The van der Waals surface area contributed by atoms with Crippen LogP contribution in [0.25, 0.3) is 11.1 Å². The van der Waals surface area contributed by atoms with Crippen LogP contribution in [-0.2, 0) is 9.59 Å². The number of carbonyl (C=O) groups is 2. The van der Waals surface area contributed by atoms with E-state index in [0.29, 0.717) is 10.8 Å². The smallest absolute Gasteiger partial charge is 0.158 e. The van der Waals surface area contributed by atoms with E-state index >= 15 is 0 Å². The van der Waals surface area contributed by atoms with Crippen molar-refractivity contribution in [1.82, 2.24) is 0 Å². The van der Waals surface area contributed by atoms with Crippen molar-refractivity contribution in [2.45, 2.75) is 20.0 Å². The molecular weight excluding hydrogens is 420 g/mol. The van der Waals surface area contributed by atoms with E-state index in [9.17, 15) is 9.59 Å². The first-order chi connectivity index (χ1) is 15.4. The second kappa shape index (κ2) is 7.46. The zero-order valence-corrected chi connectivity index (χ0v) is 18.7. The number of halogens is 1. The van der Waals surface area contributed by atoms with Gasteiger partial charge < -0.3 is 9.53 Å². The molecule has 2 aliphatic rings. The second-order valence-electron chi connectivity index (χ2n) is 8.87. The molecule has 4 heteroatoms. The van der Waals surface area contributed by atoms with Crippen LogP contribution in [0.15, 0.2) is 84.9 Å². The summed E-state index contributed by atoms with van der Waals surface area (Å²) in [6.45, 7) is 3.83. The Balaban J connectivity index is 1.77. The predicted molar refractivity (Wildman–Crippen MR) is 126 cm³/mol. The molecule has 0 aliphatic heterocycles. The van der Waals surface area contributed by atoms with Crippen LogP contribution in [0.1, 0.15) is 25.0 Å². The van der Waals surface area contributed by atoms with Gasteiger partial charge in [-0.05, 0) is 60.4 Å². The first-order valence-electron chi connectivity index (χ1n) is 10.7. The number of fused-ring (bicyclic) bond motifs is 2. The van der Waals surface area contributed by atoms with Crippen LogP contribution < -0.4 is 4.74 Å². The number of aldehydes is 1. The lowest BCUT2D eigenvalue weighted by Crippen LogP contribution is -2.43. The number of ether oxygens (including phenoxy) is 1. The number of hydrogen-bond donors (Lipinski definition) is 0. The number of benzene rings is 3. The van der Waals surface area contributed by atoms with Crippen LogP contribution in [0.3, 0.4) is 0 Å². The fourth-order valence-electron chi connectivity index (χ4n) is 5.69. The maximum absolute atomic E-state index is 14.1. The van der Waals surface area contributed by atoms with E-state index in [-0.39, 0.29) is 5.78 Å². The van der Waals surface area contributed by atoms with Gasteiger partial charge in [-0.25, -0.2) is 0 Å². The molecule has 32 heavy (non-hydrogen) atoms. The van der Waals surface area contributed by atoms with Gasteiger partial charge in [0.05, 0.1) is 16.7 Å². The van der Waals surface area contributed by atoms with Crippen molar-refractivity contribution in [3.63, 3.8) is 0 Å². The summed E-state index contributed by atoms with van der Waals surface area (Å²) in [4.78, 5) is 26.6. The van der Waals surface area contributed by atoms with Crippen LogP contribution >= 0.6 is 11.6 Å². The highest BCUT2D eigenvalue weighted by Crippen LogP contribution is 2.69. The van der Waals surface area contributed by atoms with Crippen molar-refractivity contribution in [2.24, 2.45) is 16.7 Å². The summed E-state index contributed by atoms with van der Waals surface area (Å²) in [5.41, 5.74) is 1.83. The maximum atomic E-state index is 14.1. The highest BCUT2D eigenvalue weighted by molar-refractivity contribution is 6.30. The molecule has 3 aromatic carbocycles. The van der Waals surface area contributed by atoms with E-state index in [0.717, 1.165) is 28.6 Å². The van der Waals surface area contributed by atoms with Crippen molar-refractivity contribution in [1.29, 1.82) is 0 Å². The van der Waals surface area contributed by atoms with E-state index < -0.39 is 22.9 Å². The Morgan fingerprint density at radius 1 is 0.781 bits per heavy atom. The molecule has 4 atom stereocenters. The van der Waals surface area contributed by atoms with Gasteiger partial charge >= 0.3 is 0 Å². The monoisotopic (exact) mass is 442 g/mol. The first kappa shape index (κ1) is 20.7. The van der Waals surface area contributed by atoms with Crippen LogP contribution in [-0.4, -0.2) is 18.2 Å². The van der Waals surface area contributed by atoms with Crippen LogP contribution in [0.5, 0.6) is 5.75 Å². The third-order valence-corrected chi connectivity index (χ3v) is 7.39. The van der Waals surface area contributed by atoms with Gasteiger partial charge in [0.1, 0.15) is 18.1 Å². The molecule has 3 nitrogen and oxygen atoms in total. The van der Waals surface area contributed by atoms with E-state index in [1.165, 1.54) is 0 Å². The lowest BCUT2D eigenvalue weighted by atomic mass is 9.66. The Kier molecular flexibility index (Phi) is 4.83. The summed E-state index contributed by atoms with van der Waals surface area (Å²) >= 11 is 6.04. The van der Waals surface area contributed by atoms with Gasteiger partial charge in [-0.3, -0.25) is 4.79 Å². The molecule has 3 aromatic rings. The molecule has 2 aliphatic carbocycles. The number of hydrogen-bond acceptors (Lipinski definition) is 3. The van der Waals surface area contributed by atoms with Crippen molar-refractivity contribution in [2.75, 3.05) is 0 Å². The zero-order valence-electron chi connectivity index (χ0n) is 17.9. The van der Waals surface area contributed by atoms with Gasteiger partial charge in [0.25, 0.3) is 0 Å². The zero-order chi connectivity index (χ0) is 22.5. The van der Waals surface area contributed by atoms with E-state index in [1.54, 1.807) is 24.3 Å². The van der Waals surface area contributed by atoms with E-state index in [2.05, 4.69) is 0 Å². The molecule has 160 valence electrons. The number of Topliss-reactive ketones (excluding diaryl/α,β-unsaturated/α-hetero) is 1. The quantitative estimate of drug-likeness (QED) is 0.447. The van der Waals surface area contributed by atoms with Gasteiger partial charge in [0.15, 0.2) is 5.78 Å². The Morgan fingerprint density at radius 2 is 1.28 bits per heavy atom. The molecule has 0 spiro atoms. The molecule has 0 saturated heterocycles. The largest absolute Gasteiger partial charge is 0.488 e. The van der Waals surface area contributed by atoms with Gasteiger partial charge in [-0.2, -0.15) is 0 Å². The van der Waals surface area contributed by atoms with Crippen molar-refractivity contribution in [3.05, 3.63) is 101 Å². The topological polar surface area (TPSA) is 43.4 Å². The first-order valence-corrected chi connectivity index (χ1v) is 11.1. The number of rotatable bonds is 5. The van der Waals surface area contributed by atoms with Crippen LogP contribution in [0, 0.1) is 16.7 Å². The van der Waals surface area contributed by atoms with Gasteiger partial charge in [0.2, 0.25) is 0 Å². The minimum atomic E-state index is -0.986. The molecule has 0 amide bonds. The molecular formula is C28H23ClO3. The fourth-order valence-corrected chi connectivity index (χ4v) is 5.82. The lowest BCUT2D eigenvalue weighted by Gasteiger charge is -2.39. The summed E-state index contributed by atoms with van der Waals surface area (Å²) < 4.78 is 6.40. The maximum Gasteiger partial charge on any atom is 0.158 e. The predicted octanol–water partition coefficient (Wildman–Crippen LogP) is 6.12. The molecule has 1 saturated carbocycles. The number of allylic oxidation sites excluding steroid dienone is 1. The third kappa shape index (κ3) is 2.74. The average Bonchev–Trinajstić information content (AvgIpc) is 3.10. The van der Waals surface area contributed by atoms with Crippen LogP contribution in [0.4, 0.5) is 0 Å². The summed E-state index contributed by atoms with van der Waals surface area (Å²) in [7, 11) is 0. The van der Waals surface area contributed by atoms with E-state index in [1.807, 2.05) is 74.5 Å². The molecule has 0 radical (unpaired) electrons. The Hall–Kier alpha value is -3.17. The summed E-state index contributed by atoms with van der Waals surface area (Å²) in [6.07, 6.45) is 0.274. The molecule has 5 rings (SSSR count). The minimum Gasteiger partial charge on any atom is -0.488 e. The number of ketones is 1. The Bertz CT molecular complexity index is 1220. The average molecular weight is 443 g/mol. The van der Waals surface area contributed by atoms with Gasteiger partial charge in [-0.15, -0.1) is 0 Å². The summed E-state index contributed by atoms with van der Waals surface area (Å²) in [5, 5.41) is 0.600. The summed E-state index contributed by atoms with van der Waals surface area (Å²) in [6, 6.07) is 26.9. The van der Waals surface area contributed by atoms with Crippen molar-refractivity contribution in [3.8, 4) is 5.75 Å². The Morgan fingerprint density at radius 3 is 1.78 bits per heavy atom. The molecule has 0 heterocycles. The van der Waals surface area contributed by atoms with Crippen molar-refractivity contribution < 1.29 is 14.3 Å². The van der Waals surface area contributed by atoms with Gasteiger partial charge in [-0.1, -0.05) is 72.3 Å². The highest BCUT2D eigenvalue weighted by Gasteiger charge is 2.73. The normalized spacial score (nSPS) is 28.8. The summed E-state index contributed by atoms with van der Waals surface area (Å²) in [5.74, 6) is 0.00205. The molecule has 1 fully saturated rings. The molecule has 2 unspecified atom stereocenters. The highest BCUT2D eigenvalue weighted by atomic mass is 35.5. The third-order valence-electron chi connectivity index (χ3n) is 7.14. The standard InChI is InChI=1S/C28H23ClO3/c1-27-22(17-30)25(32-21-15-13-20(29)14-16-21)28(2,26(27)31)24(19-11-7-4-8-12-19)23(27)18-9-5-3-6-10-18/h3-17,22,25H,1-2H3/t22-,25+,27?,28?/m1/s1. The second-order valence-corrected chi connectivity index (χ2v) is 9.31. The van der Waals surface area contributed by atoms with Gasteiger partial charge in [0, 0.05) is 5.02 Å². The van der Waals surface area contributed by atoms with Crippen molar-refractivity contribution >= 4 is 34.8 Å². The molecule has 2 bridgehead atoms. The molecule has 0 aromatic heterocycles. The SMILES string of the molecule is CC12C(=O)C(C)(C(c3ccccc3)=C1c1ccccc1)[C@@H](Oc1ccc(Cl)cc1)[C@H]2C=O. The Labute approximate surface area is 192 Å². The number of carbonyl (C=O) groups excluding carboxylic acids is 2. The molecule has 0 N–H and O–H groups in total. The van der Waals surface area contributed by atoms with Crippen LogP contribution in [0.2, 0.25) is 5.02 Å². The minimum absolute atomic E-state index is 0.0266. The van der Waals surface area contributed by atoms with E-state index in [4.69, 9.17) is 16.3 Å².